The lowest BCUT2D eigenvalue weighted by atomic mass is 10.0. The quantitative estimate of drug-likeness (QED) is 0.661. The van der Waals surface area contributed by atoms with Crippen LogP contribution in [0.2, 0.25) is 0 Å². The van der Waals surface area contributed by atoms with Crippen LogP contribution in [-0.2, 0) is 9.47 Å². The van der Waals surface area contributed by atoms with Crippen LogP contribution >= 0.6 is 15.9 Å². The van der Waals surface area contributed by atoms with Gasteiger partial charge in [0, 0.05) is 23.0 Å². The Morgan fingerprint density at radius 1 is 1.35 bits per heavy atom. The van der Waals surface area contributed by atoms with Crippen molar-refractivity contribution in [2.24, 2.45) is 0 Å². The predicted octanol–water partition coefficient (Wildman–Crippen LogP) is 3.45. The maximum absolute atomic E-state index is 12.3. The van der Waals surface area contributed by atoms with Crippen molar-refractivity contribution >= 4 is 27.6 Å². The third-order valence-electron chi connectivity index (χ3n) is 3.56. The van der Waals surface area contributed by atoms with Crippen LogP contribution < -0.4 is 5.73 Å². The summed E-state index contributed by atoms with van der Waals surface area (Å²) in [5, 5.41) is 0. The number of nitrogens with two attached hydrogens (primary N) is 1. The Balaban J connectivity index is 2.12. The van der Waals surface area contributed by atoms with E-state index in [-0.39, 0.29) is 24.3 Å². The molecule has 1 heterocycles. The highest BCUT2D eigenvalue weighted by Gasteiger charge is 2.28. The number of hydrogen-bond donors (Lipinski definition) is 1. The summed E-state index contributed by atoms with van der Waals surface area (Å²) >= 11 is 3.35. The lowest BCUT2D eigenvalue weighted by molar-refractivity contribution is -0.0855. The van der Waals surface area contributed by atoms with E-state index in [4.69, 9.17) is 15.2 Å². The molecule has 0 spiro atoms. The van der Waals surface area contributed by atoms with E-state index in [0.717, 1.165) is 22.9 Å². The fourth-order valence-electron chi connectivity index (χ4n) is 2.57. The largest absolute Gasteiger partial charge is 0.459 e. The number of nitrogen functional groups attached to an aromatic ring is 1. The minimum atomic E-state index is -0.318. The van der Waals surface area contributed by atoms with E-state index in [9.17, 15) is 4.79 Å². The molecule has 110 valence electrons. The summed E-state index contributed by atoms with van der Waals surface area (Å²) in [4.78, 5) is 12.3. The van der Waals surface area contributed by atoms with Crippen molar-refractivity contribution in [1.29, 1.82) is 0 Å². The minimum absolute atomic E-state index is 0.0964. The number of benzene rings is 1. The minimum Gasteiger partial charge on any atom is -0.459 e. The molecule has 0 aliphatic carbocycles. The summed E-state index contributed by atoms with van der Waals surface area (Å²) in [7, 11) is 0. The zero-order valence-corrected chi connectivity index (χ0v) is 13.6. The highest BCUT2D eigenvalue weighted by Crippen LogP contribution is 2.26. The third-order valence-corrected chi connectivity index (χ3v) is 4.02. The van der Waals surface area contributed by atoms with E-state index in [1.54, 1.807) is 12.1 Å². The Kier molecular flexibility index (Phi) is 4.70. The highest BCUT2D eigenvalue weighted by molar-refractivity contribution is 9.10. The van der Waals surface area contributed by atoms with Gasteiger partial charge in [-0.3, -0.25) is 0 Å². The van der Waals surface area contributed by atoms with Crippen LogP contribution in [0.3, 0.4) is 0 Å². The molecule has 0 aromatic heterocycles. The van der Waals surface area contributed by atoms with Crippen molar-refractivity contribution in [3.63, 3.8) is 0 Å². The first-order chi connectivity index (χ1) is 9.36. The Morgan fingerprint density at radius 3 is 2.55 bits per heavy atom. The van der Waals surface area contributed by atoms with E-state index >= 15 is 0 Å². The van der Waals surface area contributed by atoms with Crippen LogP contribution in [0, 0.1) is 6.92 Å². The van der Waals surface area contributed by atoms with Gasteiger partial charge in [0.25, 0.3) is 0 Å². The molecule has 0 bridgehead atoms. The number of anilines is 1. The van der Waals surface area contributed by atoms with Crippen LogP contribution in [0.15, 0.2) is 16.6 Å². The molecule has 1 fully saturated rings. The standard InChI is InChI=1S/C15H20BrNO3/c1-8-4-12(5-9(2)19-8)20-15(18)13-6-11(16)7-14(17)10(13)3/h6-9,12H,4-5,17H2,1-3H3. The molecule has 0 saturated carbocycles. The smallest absolute Gasteiger partial charge is 0.338 e. The molecule has 1 aliphatic rings. The first kappa shape index (κ1) is 15.3. The first-order valence-electron chi connectivity index (χ1n) is 6.79. The molecule has 2 N–H and O–H groups in total. The van der Waals surface area contributed by atoms with Gasteiger partial charge in [-0.25, -0.2) is 4.79 Å². The summed E-state index contributed by atoms with van der Waals surface area (Å²) in [5.74, 6) is -0.318. The van der Waals surface area contributed by atoms with Crippen LogP contribution in [0.5, 0.6) is 0 Å². The molecule has 4 nitrogen and oxygen atoms in total. The number of esters is 1. The molecular weight excluding hydrogens is 322 g/mol. The summed E-state index contributed by atoms with van der Waals surface area (Å²) in [6.45, 7) is 5.82. The third kappa shape index (κ3) is 3.52. The van der Waals surface area contributed by atoms with Crippen LogP contribution in [0.1, 0.15) is 42.6 Å². The second-order valence-electron chi connectivity index (χ2n) is 5.42. The van der Waals surface area contributed by atoms with Crippen LogP contribution in [0.4, 0.5) is 5.69 Å². The maximum atomic E-state index is 12.3. The number of ether oxygens (including phenoxy) is 2. The second-order valence-corrected chi connectivity index (χ2v) is 6.34. The average molecular weight is 342 g/mol. The van der Waals surface area contributed by atoms with E-state index in [2.05, 4.69) is 15.9 Å². The Morgan fingerprint density at radius 2 is 1.95 bits per heavy atom. The Labute approximate surface area is 127 Å². The molecule has 5 heteroatoms. The molecule has 2 atom stereocenters. The zero-order valence-electron chi connectivity index (χ0n) is 12.0. The van der Waals surface area contributed by atoms with Gasteiger partial charge in [-0.2, -0.15) is 0 Å². The molecule has 1 aromatic rings. The summed E-state index contributed by atoms with van der Waals surface area (Å²) in [6, 6.07) is 3.53. The molecule has 2 unspecified atom stereocenters. The van der Waals surface area contributed by atoms with Gasteiger partial charge < -0.3 is 15.2 Å². The van der Waals surface area contributed by atoms with Crippen LogP contribution in [0.25, 0.3) is 0 Å². The van der Waals surface area contributed by atoms with Crippen LogP contribution in [-0.4, -0.2) is 24.3 Å². The fraction of sp³-hybridized carbons (Fsp3) is 0.533. The number of rotatable bonds is 2. The topological polar surface area (TPSA) is 61.6 Å². The second kappa shape index (κ2) is 6.14. The van der Waals surface area contributed by atoms with Crippen molar-refractivity contribution in [2.75, 3.05) is 5.73 Å². The van der Waals surface area contributed by atoms with E-state index in [1.807, 2.05) is 20.8 Å². The van der Waals surface area contributed by atoms with Gasteiger partial charge in [0.1, 0.15) is 6.10 Å². The Hall–Kier alpha value is -1.07. The van der Waals surface area contributed by atoms with Crippen molar-refractivity contribution < 1.29 is 14.3 Å². The number of carbonyl (C=O) groups is 1. The average Bonchev–Trinajstić information content (AvgIpc) is 2.32. The molecule has 0 radical (unpaired) electrons. The number of hydrogen-bond acceptors (Lipinski definition) is 4. The van der Waals surface area contributed by atoms with Gasteiger partial charge >= 0.3 is 5.97 Å². The molecule has 2 rings (SSSR count). The van der Waals surface area contributed by atoms with E-state index in [0.29, 0.717) is 11.3 Å². The molecule has 20 heavy (non-hydrogen) atoms. The van der Waals surface area contributed by atoms with Gasteiger partial charge in [0.2, 0.25) is 0 Å². The normalized spacial score (nSPS) is 26.3. The fourth-order valence-corrected chi connectivity index (χ4v) is 3.04. The molecule has 1 aromatic carbocycles. The van der Waals surface area contributed by atoms with Gasteiger partial charge in [-0.15, -0.1) is 0 Å². The van der Waals surface area contributed by atoms with Crippen molar-refractivity contribution in [3.05, 3.63) is 27.7 Å². The Bertz CT molecular complexity index is 508. The van der Waals surface area contributed by atoms with Crippen molar-refractivity contribution in [2.45, 2.75) is 51.9 Å². The lowest BCUT2D eigenvalue weighted by Crippen LogP contribution is -2.35. The highest BCUT2D eigenvalue weighted by atomic mass is 79.9. The summed E-state index contributed by atoms with van der Waals surface area (Å²) in [6.07, 6.45) is 1.60. The number of carbonyl (C=O) groups excluding carboxylic acids is 1. The van der Waals surface area contributed by atoms with Gasteiger partial charge in [-0.1, -0.05) is 15.9 Å². The first-order valence-corrected chi connectivity index (χ1v) is 7.58. The summed E-state index contributed by atoms with van der Waals surface area (Å²) < 4.78 is 12.0. The van der Waals surface area contributed by atoms with Crippen molar-refractivity contribution in [3.8, 4) is 0 Å². The van der Waals surface area contributed by atoms with Gasteiger partial charge in [0.05, 0.1) is 17.8 Å². The monoisotopic (exact) mass is 341 g/mol. The predicted molar refractivity (Wildman–Crippen MR) is 81.7 cm³/mol. The number of halogens is 1. The lowest BCUT2D eigenvalue weighted by Gasteiger charge is -2.31. The van der Waals surface area contributed by atoms with Crippen molar-refractivity contribution in [1.82, 2.24) is 0 Å². The molecular formula is C15H20BrNO3. The van der Waals surface area contributed by atoms with E-state index in [1.165, 1.54) is 0 Å². The molecule has 0 amide bonds. The molecule has 1 saturated heterocycles. The van der Waals surface area contributed by atoms with Gasteiger partial charge in [0.15, 0.2) is 0 Å². The summed E-state index contributed by atoms with van der Waals surface area (Å²) in [5.41, 5.74) is 7.74. The maximum Gasteiger partial charge on any atom is 0.338 e. The molecule has 1 aliphatic heterocycles. The SMILES string of the molecule is Cc1c(N)cc(Br)cc1C(=O)OC1CC(C)OC(C)C1. The zero-order chi connectivity index (χ0) is 14.9. The van der Waals surface area contributed by atoms with Gasteiger partial charge in [-0.05, 0) is 38.5 Å². The van der Waals surface area contributed by atoms with E-state index < -0.39 is 0 Å².